The van der Waals surface area contributed by atoms with Crippen molar-refractivity contribution in [1.82, 2.24) is 0 Å². The molecule has 0 heterocycles. The van der Waals surface area contributed by atoms with Gasteiger partial charge in [0, 0.05) is 6.42 Å². The zero-order chi connectivity index (χ0) is 16.4. The van der Waals surface area contributed by atoms with Gasteiger partial charge in [-0.15, -0.1) is 0 Å². The second-order valence-corrected chi connectivity index (χ2v) is 5.83. The molecule has 1 rings (SSSR count). The van der Waals surface area contributed by atoms with Gasteiger partial charge in [0.15, 0.2) is 5.78 Å². The van der Waals surface area contributed by atoms with Crippen LogP contribution in [-0.4, -0.2) is 16.9 Å². The lowest BCUT2D eigenvalue weighted by molar-refractivity contribution is -0.115. The SMILES string of the molecule is C=C(C)C(=O)CCCCCCCCc1ccc(C(=O)O)cc1. The molecule has 1 aromatic rings. The van der Waals surface area contributed by atoms with Crippen molar-refractivity contribution < 1.29 is 14.7 Å². The minimum absolute atomic E-state index is 0.185. The summed E-state index contributed by atoms with van der Waals surface area (Å²) >= 11 is 0. The van der Waals surface area contributed by atoms with Crippen LogP contribution in [0.1, 0.15) is 67.8 Å². The summed E-state index contributed by atoms with van der Waals surface area (Å²) < 4.78 is 0. The average molecular weight is 302 g/mol. The summed E-state index contributed by atoms with van der Waals surface area (Å²) in [7, 11) is 0. The number of carbonyl (C=O) groups excluding carboxylic acids is 1. The Morgan fingerprint density at radius 2 is 1.50 bits per heavy atom. The first-order valence-corrected chi connectivity index (χ1v) is 8.01. The first-order valence-electron chi connectivity index (χ1n) is 8.01. The molecule has 3 heteroatoms. The van der Waals surface area contributed by atoms with Gasteiger partial charge in [-0.3, -0.25) is 4.79 Å². The fourth-order valence-corrected chi connectivity index (χ4v) is 2.35. The highest BCUT2D eigenvalue weighted by Gasteiger charge is 2.02. The Labute approximate surface area is 133 Å². The van der Waals surface area contributed by atoms with E-state index in [4.69, 9.17) is 5.11 Å². The van der Waals surface area contributed by atoms with Crippen LogP contribution in [0.4, 0.5) is 0 Å². The number of aromatic carboxylic acids is 1. The maximum Gasteiger partial charge on any atom is 0.335 e. The van der Waals surface area contributed by atoms with E-state index in [9.17, 15) is 9.59 Å². The number of carboxylic acids is 1. The quantitative estimate of drug-likeness (QED) is 0.471. The number of carbonyl (C=O) groups is 2. The van der Waals surface area contributed by atoms with Gasteiger partial charge >= 0.3 is 5.97 Å². The van der Waals surface area contributed by atoms with Gasteiger partial charge in [0.05, 0.1) is 5.56 Å². The number of rotatable bonds is 11. The minimum Gasteiger partial charge on any atom is -0.478 e. The third kappa shape index (κ3) is 7.21. The lowest BCUT2D eigenvalue weighted by atomic mass is 10.0. The first-order chi connectivity index (χ1) is 10.5. The van der Waals surface area contributed by atoms with Gasteiger partial charge in [-0.25, -0.2) is 4.79 Å². The van der Waals surface area contributed by atoms with E-state index < -0.39 is 5.97 Å². The van der Waals surface area contributed by atoms with E-state index in [1.807, 2.05) is 12.1 Å². The number of hydrogen-bond donors (Lipinski definition) is 1. The van der Waals surface area contributed by atoms with Crippen LogP contribution in [0.5, 0.6) is 0 Å². The number of unbranched alkanes of at least 4 members (excludes halogenated alkanes) is 5. The normalized spacial score (nSPS) is 10.4. The molecule has 0 aliphatic rings. The van der Waals surface area contributed by atoms with Crippen molar-refractivity contribution in [2.45, 2.75) is 58.3 Å². The molecule has 0 radical (unpaired) electrons. The van der Waals surface area contributed by atoms with E-state index in [-0.39, 0.29) is 5.78 Å². The van der Waals surface area contributed by atoms with Crippen molar-refractivity contribution in [3.8, 4) is 0 Å². The number of hydrogen-bond acceptors (Lipinski definition) is 2. The van der Waals surface area contributed by atoms with E-state index in [1.54, 1.807) is 19.1 Å². The smallest absolute Gasteiger partial charge is 0.335 e. The van der Waals surface area contributed by atoms with Crippen LogP contribution in [-0.2, 0) is 11.2 Å². The minimum atomic E-state index is -0.878. The van der Waals surface area contributed by atoms with E-state index in [1.165, 1.54) is 24.8 Å². The summed E-state index contributed by atoms with van der Waals surface area (Å²) in [6.07, 6.45) is 8.34. The van der Waals surface area contributed by atoms with Crippen molar-refractivity contribution in [2.75, 3.05) is 0 Å². The summed E-state index contributed by atoms with van der Waals surface area (Å²) in [5.74, 6) is -0.693. The van der Waals surface area contributed by atoms with Crippen LogP contribution in [0.15, 0.2) is 36.4 Å². The maximum atomic E-state index is 11.4. The number of benzene rings is 1. The predicted molar refractivity (Wildman–Crippen MR) is 89.2 cm³/mol. The standard InChI is InChI=1S/C19H26O3/c1-15(2)18(20)10-8-6-4-3-5-7-9-16-11-13-17(14-12-16)19(21)22/h11-14H,1,3-10H2,2H3,(H,21,22). The number of aryl methyl sites for hydroxylation is 1. The summed E-state index contributed by atoms with van der Waals surface area (Å²) in [5.41, 5.74) is 2.19. The Kier molecular flexibility index (Phi) is 8.19. The number of Topliss-reactive ketones (excluding diaryl/α,β-unsaturated/α-hetero) is 1. The van der Waals surface area contributed by atoms with Gasteiger partial charge in [-0.2, -0.15) is 0 Å². The van der Waals surface area contributed by atoms with E-state index >= 15 is 0 Å². The Morgan fingerprint density at radius 1 is 0.955 bits per heavy atom. The van der Waals surface area contributed by atoms with Gasteiger partial charge < -0.3 is 5.11 Å². The molecule has 0 aliphatic carbocycles. The van der Waals surface area contributed by atoms with Crippen molar-refractivity contribution in [3.05, 3.63) is 47.5 Å². The molecule has 3 nitrogen and oxygen atoms in total. The van der Waals surface area contributed by atoms with Crippen LogP contribution in [0.25, 0.3) is 0 Å². The van der Waals surface area contributed by atoms with Crippen molar-refractivity contribution in [2.24, 2.45) is 0 Å². The number of ketones is 1. The third-order valence-electron chi connectivity index (χ3n) is 3.80. The van der Waals surface area contributed by atoms with Crippen molar-refractivity contribution >= 4 is 11.8 Å². The van der Waals surface area contributed by atoms with E-state index in [0.717, 1.165) is 25.7 Å². The molecular weight excluding hydrogens is 276 g/mol. The van der Waals surface area contributed by atoms with Gasteiger partial charge in [0.25, 0.3) is 0 Å². The van der Waals surface area contributed by atoms with E-state index in [0.29, 0.717) is 17.6 Å². The molecule has 0 aliphatic heterocycles. The molecule has 1 N–H and O–H groups in total. The first kappa shape index (κ1) is 18.1. The van der Waals surface area contributed by atoms with Gasteiger partial charge in [0.1, 0.15) is 0 Å². The summed E-state index contributed by atoms with van der Waals surface area (Å²) in [6, 6.07) is 7.12. The highest BCUT2D eigenvalue weighted by molar-refractivity contribution is 5.93. The molecule has 0 fully saturated rings. The second kappa shape index (κ2) is 9.93. The van der Waals surface area contributed by atoms with E-state index in [2.05, 4.69) is 6.58 Å². The molecule has 0 spiro atoms. The van der Waals surface area contributed by atoms with Gasteiger partial charge in [-0.05, 0) is 49.5 Å². The molecule has 0 saturated heterocycles. The molecule has 0 amide bonds. The lowest BCUT2D eigenvalue weighted by Crippen LogP contribution is -1.97. The average Bonchev–Trinajstić information content (AvgIpc) is 2.50. The molecule has 0 unspecified atom stereocenters. The highest BCUT2D eigenvalue weighted by Crippen LogP contribution is 2.12. The highest BCUT2D eigenvalue weighted by atomic mass is 16.4. The van der Waals surface area contributed by atoms with Crippen LogP contribution < -0.4 is 0 Å². The third-order valence-corrected chi connectivity index (χ3v) is 3.80. The van der Waals surface area contributed by atoms with Gasteiger partial charge in [-0.1, -0.05) is 44.4 Å². The molecule has 0 atom stereocenters. The van der Waals surface area contributed by atoms with Crippen molar-refractivity contribution in [3.63, 3.8) is 0 Å². The zero-order valence-corrected chi connectivity index (χ0v) is 13.4. The van der Waals surface area contributed by atoms with Crippen molar-refractivity contribution in [1.29, 1.82) is 0 Å². The molecule has 0 bridgehead atoms. The zero-order valence-electron chi connectivity index (χ0n) is 13.4. The number of allylic oxidation sites excluding steroid dienone is 1. The Morgan fingerprint density at radius 3 is 2.05 bits per heavy atom. The Hall–Kier alpha value is -1.90. The summed E-state index contributed by atoms with van der Waals surface area (Å²) in [6.45, 7) is 5.43. The summed E-state index contributed by atoms with van der Waals surface area (Å²) in [5, 5.41) is 8.83. The molecule has 120 valence electrons. The molecular formula is C19H26O3. The van der Waals surface area contributed by atoms with Crippen LogP contribution in [0.3, 0.4) is 0 Å². The monoisotopic (exact) mass is 302 g/mol. The Bertz CT molecular complexity index is 500. The maximum absolute atomic E-state index is 11.4. The second-order valence-electron chi connectivity index (χ2n) is 5.83. The predicted octanol–water partition coefficient (Wildman–Crippen LogP) is 4.80. The molecule has 1 aromatic carbocycles. The van der Waals surface area contributed by atoms with Gasteiger partial charge in [0.2, 0.25) is 0 Å². The largest absolute Gasteiger partial charge is 0.478 e. The fraction of sp³-hybridized carbons (Fsp3) is 0.474. The molecule has 22 heavy (non-hydrogen) atoms. The fourth-order valence-electron chi connectivity index (χ4n) is 2.35. The topological polar surface area (TPSA) is 54.4 Å². The molecule has 0 saturated carbocycles. The Balaban J connectivity index is 2.05. The van der Waals surface area contributed by atoms with Crippen LogP contribution in [0, 0.1) is 0 Å². The lowest BCUT2D eigenvalue weighted by Gasteiger charge is -2.03. The van der Waals surface area contributed by atoms with Crippen LogP contribution in [0.2, 0.25) is 0 Å². The number of carboxylic acid groups (broad SMARTS) is 1. The molecule has 0 aromatic heterocycles. The summed E-state index contributed by atoms with van der Waals surface area (Å²) in [4.78, 5) is 22.1. The van der Waals surface area contributed by atoms with Crippen LogP contribution >= 0.6 is 0 Å².